The summed E-state index contributed by atoms with van der Waals surface area (Å²) in [6.45, 7) is 5.54. The lowest BCUT2D eigenvalue weighted by Gasteiger charge is -2.26. The lowest BCUT2D eigenvalue weighted by atomic mass is 10.1. The number of benzene rings is 1. The van der Waals surface area contributed by atoms with Crippen molar-refractivity contribution < 1.29 is 14.4 Å². The fourth-order valence-electron chi connectivity index (χ4n) is 3.32. The number of quaternary nitrogens is 1. The predicted octanol–water partition coefficient (Wildman–Crippen LogP) is 1.27. The molecule has 2 heterocycles. The van der Waals surface area contributed by atoms with Crippen molar-refractivity contribution in [3.63, 3.8) is 0 Å². The quantitative estimate of drug-likeness (QED) is 0.420. The number of ether oxygens (including phenoxy) is 2. The Morgan fingerprint density at radius 1 is 1.24 bits per heavy atom. The number of rotatable bonds is 9. The molecule has 29 heavy (non-hydrogen) atoms. The number of hydrogen-bond acceptors (Lipinski definition) is 4. The largest absolute Gasteiger partial charge is 0.454 e. The standard InChI is InChI=1S/C21H30N4O3S/c1-4-5-7-22-21(29)25(9-6-8-24(2)3)13-16-10-15-11-18-19(28-14-27-18)12-17(15)23-20(16)26/h10-12H,4-9,13-14H2,1-3H3,(H,22,29)(H,23,26)/p+1. The van der Waals surface area contributed by atoms with Crippen molar-refractivity contribution in [3.05, 3.63) is 34.1 Å². The van der Waals surface area contributed by atoms with Gasteiger partial charge < -0.3 is 29.6 Å². The molecule has 1 aromatic heterocycles. The Balaban J connectivity index is 1.80. The molecule has 0 unspecified atom stereocenters. The maximum absolute atomic E-state index is 12.7. The lowest BCUT2D eigenvalue weighted by Crippen LogP contribution is -3.05. The normalized spacial score (nSPS) is 12.6. The van der Waals surface area contributed by atoms with Gasteiger partial charge >= 0.3 is 0 Å². The van der Waals surface area contributed by atoms with E-state index in [2.05, 4.69) is 36.2 Å². The molecule has 0 bridgehead atoms. The van der Waals surface area contributed by atoms with Gasteiger partial charge in [-0.2, -0.15) is 0 Å². The van der Waals surface area contributed by atoms with Crippen molar-refractivity contribution in [2.75, 3.05) is 40.5 Å². The highest BCUT2D eigenvalue weighted by atomic mass is 32.1. The molecule has 1 aromatic carbocycles. The molecule has 0 radical (unpaired) electrons. The number of hydrogen-bond donors (Lipinski definition) is 3. The number of nitrogens with one attached hydrogen (secondary N) is 3. The van der Waals surface area contributed by atoms with Crippen molar-refractivity contribution >= 4 is 28.2 Å². The number of aromatic amines is 1. The highest BCUT2D eigenvalue weighted by Gasteiger charge is 2.17. The van der Waals surface area contributed by atoms with E-state index in [0.717, 1.165) is 49.8 Å². The van der Waals surface area contributed by atoms with Gasteiger partial charge in [0.25, 0.3) is 5.56 Å². The zero-order chi connectivity index (χ0) is 20.8. The monoisotopic (exact) mass is 419 g/mol. The summed E-state index contributed by atoms with van der Waals surface area (Å²) in [6, 6.07) is 5.65. The molecule has 8 heteroatoms. The van der Waals surface area contributed by atoms with E-state index < -0.39 is 0 Å². The molecular formula is C21H31N4O3S+. The summed E-state index contributed by atoms with van der Waals surface area (Å²) in [7, 11) is 4.28. The van der Waals surface area contributed by atoms with Gasteiger partial charge in [-0.05, 0) is 30.8 Å². The zero-order valence-corrected chi connectivity index (χ0v) is 18.3. The van der Waals surface area contributed by atoms with Gasteiger partial charge in [-0.1, -0.05) is 13.3 Å². The summed E-state index contributed by atoms with van der Waals surface area (Å²) in [5, 5.41) is 4.96. The summed E-state index contributed by atoms with van der Waals surface area (Å²) >= 11 is 5.63. The third-order valence-electron chi connectivity index (χ3n) is 4.97. The van der Waals surface area contributed by atoms with Crippen LogP contribution in [0.5, 0.6) is 11.5 Å². The van der Waals surface area contributed by atoms with Gasteiger partial charge in [-0.3, -0.25) is 4.79 Å². The predicted molar refractivity (Wildman–Crippen MR) is 119 cm³/mol. The van der Waals surface area contributed by atoms with Gasteiger partial charge in [0.05, 0.1) is 32.7 Å². The highest BCUT2D eigenvalue weighted by Crippen LogP contribution is 2.35. The van der Waals surface area contributed by atoms with Crippen LogP contribution in [0.4, 0.5) is 0 Å². The van der Waals surface area contributed by atoms with E-state index in [4.69, 9.17) is 21.7 Å². The molecule has 0 amide bonds. The van der Waals surface area contributed by atoms with Crippen molar-refractivity contribution in [2.45, 2.75) is 32.7 Å². The molecule has 2 aromatic rings. The summed E-state index contributed by atoms with van der Waals surface area (Å²) in [6.07, 6.45) is 3.18. The molecule has 1 aliphatic heterocycles. The van der Waals surface area contributed by atoms with Crippen molar-refractivity contribution in [1.29, 1.82) is 0 Å². The van der Waals surface area contributed by atoms with E-state index in [0.29, 0.717) is 28.7 Å². The van der Waals surface area contributed by atoms with Gasteiger partial charge in [-0.15, -0.1) is 0 Å². The first-order valence-corrected chi connectivity index (χ1v) is 10.7. The summed E-state index contributed by atoms with van der Waals surface area (Å²) in [5.41, 5.74) is 1.33. The Hall–Kier alpha value is -2.32. The van der Waals surface area contributed by atoms with Crippen molar-refractivity contribution in [3.8, 4) is 11.5 Å². The van der Waals surface area contributed by atoms with E-state index in [-0.39, 0.29) is 12.4 Å². The topological polar surface area (TPSA) is 71.0 Å². The van der Waals surface area contributed by atoms with Crippen LogP contribution < -0.4 is 25.2 Å². The molecule has 0 fully saturated rings. The Labute approximate surface area is 177 Å². The third kappa shape index (κ3) is 5.61. The van der Waals surface area contributed by atoms with E-state index in [1.54, 1.807) is 0 Å². The van der Waals surface area contributed by atoms with Crippen LogP contribution in [0.1, 0.15) is 31.7 Å². The molecule has 3 rings (SSSR count). The minimum Gasteiger partial charge on any atom is -0.454 e. The molecule has 7 nitrogen and oxygen atoms in total. The molecule has 0 atom stereocenters. The van der Waals surface area contributed by atoms with Gasteiger partial charge in [0.15, 0.2) is 16.6 Å². The van der Waals surface area contributed by atoms with E-state index in [1.165, 1.54) is 4.90 Å². The second-order valence-corrected chi connectivity index (χ2v) is 8.12. The van der Waals surface area contributed by atoms with Crippen LogP contribution in [0.3, 0.4) is 0 Å². The Morgan fingerprint density at radius 2 is 2.00 bits per heavy atom. The Bertz CT molecular complexity index is 913. The summed E-state index contributed by atoms with van der Waals surface area (Å²) in [5.74, 6) is 1.37. The molecule has 0 saturated carbocycles. The molecule has 0 saturated heterocycles. The fourth-order valence-corrected chi connectivity index (χ4v) is 3.58. The third-order valence-corrected chi connectivity index (χ3v) is 5.38. The van der Waals surface area contributed by atoms with Crippen LogP contribution in [-0.2, 0) is 6.54 Å². The second kappa shape index (κ2) is 9.93. The highest BCUT2D eigenvalue weighted by molar-refractivity contribution is 7.80. The van der Waals surface area contributed by atoms with Gasteiger partial charge in [-0.25, -0.2) is 0 Å². The second-order valence-electron chi connectivity index (χ2n) is 7.73. The molecule has 158 valence electrons. The van der Waals surface area contributed by atoms with E-state index in [1.807, 2.05) is 18.2 Å². The van der Waals surface area contributed by atoms with E-state index >= 15 is 0 Å². The Morgan fingerprint density at radius 3 is 2.72 bits per heavy atom. The lowest BCUT2D eigenvalue weighted by molar-refractivity contribution is -0.858. The molecule has 3 N–H and O–H groups in total. The maximum Gasteiger partial charge on any atom is 0.253 e. The number of fused-ring (bicyclic) bond motifs is 2. The summed E-state index contributed by atoms with van der Waals surface area (Å²) in [4.78, 5) is 19.2. The van der Waals surface area contributed by atoms with Crippen LogP contribution in [0.25, 0.3) is 10.9 Å². The number of aromatic nitrogens is 1. The minimum absolute atomic E-state index is 0.101. The van der Waals surface area contributed by atoms with Gasteiger partial charge in [0.1, 0.15) is 0 Å². The average Bonchev–Trinajstić information content (AvgIpc) is 3.13. The number of pyridine rings is 1. The van der Waals surface area contributed by atoms with Gasteiger partial charge in [0, 0.05) is 36.5 Å². The van der Waals surface area contributed by atoms with Crippen molar-refractivity contribution in [2.24, 2.45) is 0 Å². The number of unbranched alkanes of at least 4 members (excludes halogenated alkanes) is 1. The summed E-state index contributed by atoms with van der Waals surface area (Å²) < 4.78 is 10.9. The van der Waals surface area contributed by atoms with E-state index in [9.17, 15) is 4.79 Å². The molecule has 0 spiro atoms. The van der Waals surface area contributed by atoms with Crippen LogP contribution in [-0.4, -0.2) is 55.5 Å². The molecular weight excluding hydrogens is 388 g/mol. The van der Waals surface area contributed by atoms with Crippen LogP contribution in [0.2, 0.25) is 0 Å². The minimum atomic E-state index is -0.101. The van der Waals surface area contributed by atoms with Crippen molar-refractivity contribution in [1.82, 2.24) is 15.2 Å². The number of nitrogens with zero attached hydrogens (tertiary/aromatic N) is 1. The van der Waals surface area contributed by atoms with Gasteiger partial charge in [0.2, 0.25) is 6.79 Å². The number of H-pyrrole nitrogens is 1. The van der Waals surface area contributed by atoms with Crippen LogP contribution in [0.15, 0.2) is 23.0 Å². The smallest absolute Gasteiger partial charge is 0.253 e. The Kier molecular flexibility index (Phi) is 7.33. The first-order chi connectivity index (χ1) is 14.0. The first-order valence-electron chi connectivity index (χ1n) is 10.2. The fraction of sp³-hybridized carbons (Fsp3) is 0.524. The maximum atomic E-state index is 12.7. The zero-order valence-electron chi connectivity index (χ0n) is 17.5. The van der Waals surface area contributed by atoms with Crippen LogP contribution >= 0.6 is 12.2 Å². The average molecular weight is 420 g/mol. The SMILES string of the molecule is CCCCNC(=S)N(CCC[NH+](C)C)Cc1cc2cc3c(cc2[nH]c1=O)OCO3. The van der Waals surface area contributed by atoms with Crippen LogP contribution in [0, 0.1) is 0 Å². The molecule has 1 aliphatic rings. The molecule has 0 aliphatic carbocycles. The number of thiocarbonyl (C=S) groups is 1. The first kappa shape index (κ1) is 21.4.